The molecule has 0 atom stereocenters. The van der Waals surface area contributed by atoms with Crippen molar-refractivity contribution in [2.24, 2.45) is 5.10 Å². The molecule has 0 radical (unpaired) electrons. The van der Waals surface area contributed by atoms with Gasteiger partial charge in [0.05, 0.1) is 21.9 Å². The molecule has 0 heterocycles. The third-order valence-corrected chi connectivity index (χ3v) is 3.64. The monoisotopic (exact) mass is 326 g/mol. The van der Waals surface area contributed by atoms with Gasteiger partial charge in [-0.2, -0.15) is 5.10 Å². The average Bonchev–Trinajstić information content (AvgIpc) is 2.36. The number of nitrogens with zero attached hydrogens (tertiary/aromatic N) is 1. The van der Waals surface area contributed by atoms with Crippen LogP contribution in [-0.2, 0) is 0 Å². The first-order valence-electron chi connectivity index (χ1n) is 5.98. The molecule has 0 aliphatic heterocycles. The van der Waals surface area contributed by atoms with Gasteiger partial charge in [-0.15, -0.1) is 0 Å². The van der Waals surface area contributed by atoms with Crippen LogP contribution in [0, 0.1) is 13.8 Å². The minimum Gasteiger partial charge on any atom is -0.275 e. The molecule has 0 fully saturated rings. The summed E-state index contributed by atoms with van der Waals surface area (Å²) in [7, 11) is 0. The topological polar surface area (TPSA) is 24.4 Å². The number of aryl methyl sites for hydroxylation is 2. The quantitative estimate of drug-likeness (QED) is 0.566. The van der Waals surface area contributed by atoms with Crippen molar-refractivity contribution in [1.29, 1.82) is 0 Å². The summed E-state index contributed by atoms with van der Waals surface area (Å²) in [6.45, 7) is 4.07. The van der Waals surface area contributed by atoms with Gasteiger partial charge < -0.3 is 0 Å². The Morgan fingerprint density at radius 2 is 1.65 bits per heavy atom. The van der Waals surface area contributed by atoms with E-state index < -0.39 is 0 Å². The molecule has 2 nitrogen and oxygen atoms in total. The summed E-state index contributed by atoms with van der Waals surface area (Å²) < 4.78 is 0. The highest BCUT2D eigenvalue weighted by atomic mass is 35.5. The molecule has 0 saturated heterocycles. The van der Waals surface area contributed by atoms with Crippen molar-refractivity contribution in [1.82, 2.24) is 0 Å². The highest BCUT2D eigenvalue weighted by molar-refractivity contribution is 6.41. The van der Waals surface area contributed by atoms with Crippen LogP contribution in [0.4, 0.5) is 5.69 Å². The van der Waals surface area contributed by atoms with E-state index in [0.717, 1.165) is 11.1 Å². The van der Waals surface area contributed by atoms with Crippen molar-refractivity contribution in [2.45, 2.75) is 13.8 Å². The van der Waals surface area contributed by atoms with Crippen molar-refractivity contribution in [3.8, 4) is 0 Å². The van der Waals surface area contributed by atoms with Gasteiger partial charge >= 0.3 is 0 Å². The van der Waals surface area contributed by atoms with Crippen molar-refractivity contribution in [3.05, 3.63) is 62.1 Å². The van der Waals surface area contributed by atoms with Crippen LogP contribution in [0.1, 0.15) is 16.7 Å². The highest BCUT2D eigenvalue weighted by Gasteiger charge is 2.06. The van der Waals surface area contributed by atoms with E-state index in [1.807, 2.05) is 13.8 Å². The summed E-state index contributed by atoms with van der Waals surface area (Å²) in [6.07, 6.45) is 1.74. The fourth-order valence-corrected chi connectivity index (χ4v) is 2.62. The standard InChI is InChI=1S/C15H13Cl3N2/c1-9-3-4-10(2)11(5-9)8-19-20-15-13(17)6-12(16)7-14(15)18/h3-8,20H,1-2H3/b19-8+. The van der Waals surface area contributed by atoms with Gasteiger partial charge in [-0.3, -0.25) is 5.43 Å². The van der Waals surface area contributed by atoms with Crippen LogP contribution in [-0.4, -0.2) is 6.21 Å². The Kier molecular flexibility index (Phi) is 4.92. The molecule has 0 bridgehead atoms. The van der Waals surface area contributed by atoms with E-state index in [0.29, 0.717) is 20.8 Å². The van der Waals surface area contributed by atoms with Gasteiger partial charge in [0.15, 0.2) is 0 Å². The Hall–Kier alpha value is -1.22. The molecule has 5 heteroatoms. The number of rotatable bonds is 3. The second kappa shape index (κ2) is 6.49. The maximum Gasteiger partial charge on any atom is 0.0935 e. The molecule has 0 unspecified atom stereocenters. The van der Waals surface area contributed by atoms with E-state index in [2.05, 4.69) is 28.7 Å². The molecule has 1 N–H and O–H groups in total. The summed E-state index contributed by atoms with van der Waals surface area (Å²) in [4.78, 5) is 0. The minimum atomic E-state index is 0.431. The normalized spacial score (nSPS) is 11.1. The van der Waals surface area contributed by atoms with Crippen LogP contribution in [0.3, 0.4) is 0 Å². The fraction of sp³-hybridized carbons (Fsp3) is 0.133. The predicted molar refractivity (Wildman–Crippen MR) is 88.6 cm³/mol. The van der Waals surface area contributed by atoms with Crippen LogP contribution in [0.5, 0.6) is 0 Å². The third-order valence-electron chi connectivity index (χ3n) is 2.82. The lowest BCUT2D eigenvalue weighted by Gasteiger charge is -2.07. The van der Waals surface area contributed by atoms with Crippen LogP contribution in [0.25, 0.3) is 0 Å². The second-order valence-electron chi connectivity index (χ2n) is 4.47. The molecular formula is C15H13Cl3N2. The van der Waals surface area contributed by atoms with E-state index in [1.54, 1.807) is 18.3 Å². The Balaban J connectivity index is 2.20. The van der Waals surface area contributed by atoms with E-state index in [-0.39, 0.29) is 0 Å². The highest BCUT2D eigenvalue weighted by Crippen LogP contribution is 2.33. The van der Waals surface area contributed by atoms with E-state index >= 15 is 0 Å². The molecule has 104 valence electrons. The Bertz CT molecular complexity index is 643. The number of anilines is 1. The lowest BCUT2D eigenvalue weighted by Crippen LogP contribution is -1.94. The molecule has 0 aromatic heterocycles. The van der Waals surface area contributed by atoms with Crippen molar-refractivity contribution in [2.75, 3.05) is 5.43 Å². The SMILES string of the molecule is Cc1ccc(C)c(/C=N/Nc2c(Cl)cc(Cl)cc2Cl)c1. The number of hydrazone groups is 1. The molecule has 0 aliphatic rings. The Labute approximate surface area is 133 Å². The number of hydrogen-bond acceptors (Lipinski definition) is 2. The number of halogens is 3. The van der Waals surface area contributed by atoms with Gasteiger partial charge in [0.1, 0.15) is 0 Å². The van der Waals surface area contributed by atoms with Gasteiger partial charge in [0.25, 0.3) is 0 Å². The second-order valence-corrected chi connectivity index (χ2v) is 5.73. The zero-order valence-electron chi connectivity index (χ0n) is 11.0. The molecule has 2 aromatic rings. The van der Waals surface area contributed by atoms with Gasteiger partial charge in [-0.25, -0.2) is 0 Å². The van der Waals surface area contributed by atoms with Crippen molar-refractivity contribution >= 4 is 46.7 Å². The summed E-state index contributed by atoms with van der Waals surface area (Å²) in [5, 5.41) is 5.53. The molecule has 0 saturated carbocycles. The number of nitrogens with one attached hydrogen (secondary N) is 1. The maximum atomic E-state index is 6.07. The summed E-state index contributed by atoms with van der Waals surface area (Å²) >= 11 is 18.0. The largest absolute Gasteiger partial charge is 0.275 e. The molecule has 20 heavy (non-hydrogen) atoms. The first-order valence-corrected chi connectivity index (χ1v) is 7.11. The van der Waals surface area contributed by atoms with Crippen molar-refractivity contribution < 1.29 is 0 Å². The fourth-order valence-electron chi connectivity index (χ4n) is 1.71. The molecule has 0 spiro atoms. The van der Waals surface area contributed by atoms with E-state index in [9.17, 15) is 0 Å². The zero-order valence-corrected chi connectivity index (χ0v) is 13.3. The molecule has 2 rings (SSSR count). The van der Waals surface area contributed by atoms with Gasteiger partial charge in [0.2, 0.25) is 0 Å². The molecule has 0 aliphatic carbocycles. The van der Waals surface area contributed by atoms with Crippen LogP contribution in [0.15, 0.2) is 35.4 Å². The third kappa shape index (κ3) is 3.66. The Morgan fingerprint density at radius 1 is 1.00 bits per heavy atom. The maximum absolute atomic E-state index is 6.07. The number of hydrogen-bond donors (Lipinski definition) is 1. The minimum absolute atomic E-state index is 0.431. The average molecular weight is 328 g/mol. The van der Waals surface area contributed by atoms with Crippen LogP contribution >= 0.6 is 34.8 Å². The summed E-state index contributed by atoms with van der Waals surface area (Å²) in [6, 6.07) is 9.41. The van der Waals surface area contributed by atoms with E-state index in [4.69, 9.17) is 34.8 Å². The molecule has 0 amide bonds. The van der Waals surface area contributed by atoms with Gasteiger partial charge in [-0.05, 0) is 37.1 Å². The molecular weight excluding hydrogens is 315 g/mol. The van der Waals surface area contributed by atoms with Gasteiger partial charge in [0, 0.05) is 5.02 Å². The first kappa shape index (κ1) is 15.2. The Morgan fingerprint density at radius 3 is 2.30 bits per heavy atom. The summed E-state index contributed by atoms with van der Waals surface area (Å²) in [5.41, 5.74) is 6.76. The number of benzene rings is 2. The smallest absolute Gasteiger partial charge is 0.0935 e. The van der Waals surface area contributed by atoms with Crippen LogP contribution < -0.4 is 5.43 Å². The van der Waals surface area contributed by atoms with Crippen LogP contribution in [0.2, 0.25) is 15.1 Å². The van der Waals surface area contributed by atoms with Crippen molar-refractivity contribution in [3.63, 3.8) is 0 Å². The lowest BCUT2D eigenvalue weighted by atomic mass is 10.1. The lowest BCUT2D eigenvalue weighted by molar-refractivity contribution is 1.33. The van der Waals surface area contributed by atoms with Gasteiger partial charge in [-0.1, -0.05) is 58.6 Å². The summed E-state index contributed by atoms with van der Waals surface area (Å²) in [5.74, 6) is 0. The van der Waals surface area contributed by atoms with E-state index in [1.165, 1.54) is 5.56 Å². The first-order chi connectivity index (χ1) is 9.47. The zero-order chi connectivity index (χ0) is 14.7. The molecule has 2 aromatic carbocycles. The predicted octanol–water partition coefficient (Wildman–Crippen LogP) is 5.71.